The van der Waals surface area contributed by atoms with E-state index in [0.29, 0.717) is 6.07 Å². The van der Waals surface area contributed by atoms with Crippen LogP contribution in [0.3, 0.4) is 0 Å². The predicted octanol–water partition coefficient (Wildman–Crippen LogP) is 4.73. The first-order valence-electron chi connectivity index (χ1n) is 7.06. The van der Waals surface area contributed by atoms with Crippen LogP contribution in [0.4, 0.5) is 24.5 Å². The number of halogens is 3. The highest BCUT2D eigenvalue weighted by atomic mass is 32.2. The van der Waals surface area contributed by atoms with Gasteiger partial charge in [-0.05, 0) is 25.1 Å². The fourth-order valence-electron chi connectivity index (χ4n) is 1.98. The minimum Gasteiger partial charge on any atom is -0.325 e. The third-order valence-electron chi connectivity index (χ3n) is 3.20. The lowest BCUT2D eigenvalue weighted by atomic mass is 10.1. The maximum absolute atomic E-state index is 13.1. The summed E-state index contributed by atoms with van der Waals surface area (Å²) < 4.78 is 39.3. The number of nitrogens with zero attached hydrogens (tertiary/aromatic N) is 1. The highest BCUT2D eigenvalue weighted by Gasteiger charge is 2.36. The lowest BCUT2D eigenvalue weighted by Gasteiger charge is -2.16. The van der Waals surface area contributed by atoms with E-state index >= 15 is 0 Å². The minimum atomic E-state index is -4.83. The van der Waals surface area contributed by atoms with Crippen LogP contribution < -0.4 is 5.32 Å². The van der Waals surface area contributed by atoms with Gasteiger partial charge in [0.25, 0.3) is 5.69 Å². The summed E-state index contributed by atoms with van der Waals surface area (Å²) in [6.07, 6.45) is -4.83. The van der Waals surface area contributed by atoms with Crippen molar-refractivity contribution in [1.29, 1.82) is 0 Å². The number of non-ortho nitro benzene ring substituents is 1. The smallest absolute Gasteiger partial charge is 0.325 e. The van der Waals surface area contributed by atoms with Crippen molar-refractivity contribution in [1.82, 2.24) is 0 Å². The monoisotopic (exact) mass is 370 g/mol. The number of anilines is 1. The highest BCUT2D eigenvalue weighted by Crippen LogP contribution is 2.37. The molecular formula is C16H13F3N2O3S. The van der Waals surface area contributed by atoms with Gasteiger partial charge in [-0.15, -0.1) is 11.8 Å². The molecule has 0 saturated heterocycles. The Labute approximate surface area is 145 Å². The SMILES string of the molecule is C[C@H](Sc1ccccc1)C(=O)Nc1ccc([N+](=O)[O-])cc1C(F)(F)F. The molecule has 0 aliphatic heterocycles. The van der Waals surface area contributed by atoms with Crippen LogP contribution in [0, 0.1) is 10.1 Å². The van der Waals surface area contributed by atoms with E-state index in [1.54, 1.807) is 37.3 Å². The lowest BCUT2D eigenvalue weighted by Crippen LogP contribution is -2.24. The van der Waals surface area contributed by atoms with Crippen molar-refractivity contribution in [2.45, 2.75) is 23.2 Å². The molecule has 0 bridgehead atoms. The van der Waals surface area contributed by atoms with Gasteiger partial charge in [-0.1, -0.05) is 18.2 Å². The third-order valence-corrected chi connectivity index (χ3v) is 4.31. The maximum atomic E-state index is 13.1. The molecule has 0 aliphatic carbocycles. The summed E-state index contributed by atoms with van der Waals surface area (Å²) in [6, 6.07) is 11.1. The topological polar surface area (TPSA) is 72.2 Å². The molecule has 5 nitrogen and oxygen atoms in total. The standard InChI is InChI=1S/C16H13F3N2O3S/c1-10(25-12-5-3-2-4-6-12)15(22)20-14-8-7-11(21(23)24)9-13(14)16(17,18)19/h2-10H,1H3,(H,20,22)/t10-/m0/s1. The summed E-state index contributed by atoms with van der Waals surface area (Å²) in [4.78, 5) is 22.7. The highest BCUT2D eigenvalue weighted by molar-refractivity contribution is 8.00. The number of thioether (sulfide) groups is 1. The normalized spacial score (nSPS) is 12.5. The third kappa shape index (κ3) is 4.96. The fraction of sp³-hybridized carbons (Fsp3) is 0.188. The molecule has 0 aromatic heterocycles. The first-order valence-corrected chi connectivity index (χ1v) is 7.94. The Hall–Kier alpha value is -2.55. The second kappa shape index (κ2) is 7.56. The number of benzene rings is 2. The molecule has 25 heavy (non-hydrogen) atoms. The van der Waals surface area contributed by atoms with E-state index in [1.165, 1.54) is 11.8 Å². The Morgan fingerprint density at radius 3 is 2.40 bits per heavy atom. The summed E-state index contributed by atoms with van der Waals surface area (Å²) in [5, 5.41) is 12.2. The van der Waals surface area contributed by atoms with Crippen LogP contribution in [0.5, 0.6) is 0 Å². The first kappa shape index (κ1) is 18.8. The Kier molecular flexibility index (Phi) is 5.68. The van der Waals surface area contributed by atoms with Crippen molar-refractivity contribution in [2.75, 3.05) is 5.32 Å². The number of nitrogens with one attached hydrogen (secondary N) is 1. The largest absolute Gasteiger partial charge is 0.418 e. The van der Waals surface area contributed by atoms with Gasteiger partial charge in [0.2, 0.25) is 5.91 Å². The van der Waals surface area contributed by atoms with E-state index in [1.807, 2.05) is 0 Å². The number of carbonyl (C=O) groups excluding carboxylic acids is 1. The molecule has 0 radical (unpaired) electrons. The van der Waals surface area contributed by atoms with Crippen molar-refractivity contribution >= 4 is 29.0 Å². The van der Waals surface area contributed by atoms with Crippen molar-refractivity contribution in [3.63, 3.8) is 0 Å². The van der Waals surface area contributed by atoms with Gasteiger partial charge in [-0.2, -0.15) is 13.2 Å². The average Bonchev–Trinajstić information content (AvgIpc) is 2.54. The van der Waals surface area contributed by atoms with Crippen LogP contribution in [0.1, 0.15) is 12.5 Å². The van der Waals surface area contributed by atoms with Crippen LogP contribution in [0.15, 0.2) is 53.4 Å². The van der Waals surface area contributed by atoms with Crippen molar-refractivity contribution in [3.8, 4) is 0 Å². The van der Waals surface area contributed by atoms with Crippen LogP contribution in [-0.2, 0) is 11.0 Å². The molecule has 0 aliphatic rings. The van der Waals surface area contributed by atoms with E-state index < -0.39 is 39.2 Å². The molecule has 9 heteroatoms. The van der Waals surface area contributed by atoms with E-state index in [2.05, 4.69) is 5.32 Å². The molecule has 1 atom stereocenters. The lowest BCUT2D eigenvalue weighted by molar-refractivity contribution is -0.385. The van der Waals surface area contributed by atoms with Gasteiger partial charge in [-0.25, -0.2) is 0 Å². The van der Waals surface area contributed by atoms with E-state index in [-0.39, 0.29) is 0 Å². The summed E-state index contributed by atoms with van der Waals surface area (Å²) in [7, 11) is 0. The molecule has 2 aromatic carbocycles. The zero-order valence-electron chi connectivity index (χ0n) is 12.9. The molecule has 132 valence electrons. The molecule has 2 aromatic rings. The van der Waals surface area contributed by atoms with Gasteiger partial charge < -0.3 is 5.32 Å². The first-order chi connectivity index (χ1) is 11.7. The minimum absolute atomic E-state index is 0.407. The Balaban J connectivity index is 2.21. The number of nitro groups is 1. The Morgan fingerprint density at radius 2 is 1.84 bits per heavy atom. The quantitative estimate of drug-likeness (QED) is 0.469. The second-order valence-corrected chi connectivity index (χ2v) is 6.46. The zero-order chi connectivity index (χ0) is 18.6. The molecule has 0 saturated carbocycles. The predicted molar refractivity (Wildman–Crippen MR) is 88.5 cm³/mol. The van der Waals surface area contributed by atoms with Crippen LogP contribution in [0.2, 0.25) is 0 Å². The maximum Gasteiger partial charge on any atom is 0.418 e. The van der Waals surface area contributed by atoms with Crippen molar-refractivity contribution in [2.24, 2.45) is 0 Å². The van der Waals surface area contributed by atoms with Gasteiger partial charge in [0.1, 0.15) is 0 Å². The number of carbonyl (C=O) groups is 1. The molecule has 0 unspecified atom stereocenters. The number of hydrogen-bond donors (Lipinski definition) is 1. The van der Waals surface area contributed by atoms with E-state index in [4.69, 9.17) is 0 Å². The number of hydrogen-bond acceptors (Lipinski definition) is 4. The second-order valence-electron chi connectivity index (χ2n) is 5.05. The van der Waals surface area contributed by atoms with Crippen LogP contribution >= 0.6 is 11.8 Å². The van der Waals surface area contributed by atoms with Crippen molar-refractivity contribution < 1.29 is 22.9 Å². The Morgan fingerprint density at radius 1 is 1.20 bits per heavy atom. The number of rotatable bonds is 5. The number of alkyl halides is 3. The number of nitro benzene ring substituents is 1. The molecule has 0 heterocycles. The molecular weight excluding hydrogens is 357 g/mol. The fourth-order valence-corrected chi connectivity index (χ4v) is 2.87. The summed E-state index contributed by atoms with van der Waals surface area (Å²) in [6.45, 7) is 1.56. The van der Waals surface area contributed by atoms with Crippen LogP contribution in [0.25, 0.3) is 0 Å². The van der Waals surface area contributed by atoms with Gasteiger partial charge in [-0.3, -0.25) is 14.9 Å². The Bertz CT molecular complexity index is 782. The molecule has 0 fully saturated rings. The van der Waals surface area contributed by atoms with Crippen molar-refractivity contribution in [3.05, 3.63) is 64.2 Å². The summed E-state index contributed by atoms with van der Waals surface area (Å²) in [5.74, 6) is -0.631. The van der Waals surface area contributed by atoms with Gasteiger partial charge >= 0.3 is 6.18 Å². The van der Waals surface area contributed by atoms with E-state index in [9.17, 15) is 28.1 Å². The molecule has 1 N–H and O–H groups in total. The van der Waals surface area contributed by atoms with Gasteiger partial charge in [0.05, 0.1) is 21.4 Å². The summed E-state index contributed by atoms with van der Waals surface area (Å²) in [5.41, 5.74) is -2.47. The molecule has 2 rings (SSSR count). The van der Waals surface area contributed by atoms with Gasteiger partial charge in [0, 0.05) is 17.0 Å². The molecule has 1 amide bonds. The van der Waals surface area contributed by atoms with Crippen LogP contribution in [-0.4, -0.2) is 16.1 Å². The molecule has 0 spiro atoms. The van der Waals surface area contributed by atoms with Gasteiger partial charge in [0.15, 0.2) is 0 Å². The average molecular weight is 370 g/mol. The van der Waals surface area contributed by atoms with E-state index in [0.717, 1.165) is 17.0 Å². The summed E-state index contributed by atoms with van der Waals surface area (Å²) >= 11 is 1.19. The number of amides is 1. The zero-order valence-corrected chi connectivity index (χ0v) is 13.7.